The predicted octanol–water partition coefficient (Wildman–Crippen LogP) is 3.55. The smallest absolute Gasteiger partial charge is 0.335 e. The van der Waals surface area contributed by atoms with E-state index in [0.717, 1.165) is 16.8 Å². The molecule has 0 unspecified atom stereocenters. The molecule has 1 aromatic carbocycles. The molecule has 0 spiro atoms. The van der Waals surface area contributed by atoms with Gasteiger partial charge in [-0.25, -0.2) is 9.78 Å². The van der Waals surface area contributed by atoms with Crippen molar-refractivity contribution in [3.05, 3.63) is 57.9 Å². The van der Waals surface area contributed by atoms with Crippen molar-refractivity contribution >= 4 is 23.0 Å². The third-order valence-electron chi connectivity index (χ3n) is 5.21. The van der Waals surface area contributed by atoms with Crippen LogP contribution in [-0.2, 0) is 13.0 Å². The van der Waals surface area contributed by atoms with Gasteiger partial charge in [-0.3, -0.25) is 4.79 Å². The molecule has 1 amide bonds. The summed E-state index contributed by atoms with van der Waals surface area (Å²) in [5.41, 5.74) is 4.50. The molecule has 1 aliphatic rings. The number of carbonyl (C=O) groups excluding carboxylic acids is 1. The van der Waals surface area contributed by atoms with Gasteiger partial charge in [0.05, 0.1) is 22.2 Å². The quantitative estimate of drug-likeness (QED) is 0.747. The Kier molecular flexibility index (Phi) is 4.37. The van der Waals surface area contributed by atoms with Gasteiger partial charge in [0, 0.05) is 18.8 Å². The molecule has 7 heteroatoms. The maximum absolute atomic E-state index is 13.4. The fourth-order valence-electron chi connectivity index (χ4n) is 3.61. The van der Waals surface area contributed by atoms with Crippen LogP contribution in [0.15, 0.2) is 28.8 Å². The minimum atomic E-state index is -0.969. The molecule has 3 aromatic rings. The molecular formula is C21H21N3O4. The summed E-state index contributed by atoms with van der Waals surface area (Å²) in [6.45, 7) is 6.76. The highest BCUT2D eigenvalue weighted by atomic mass is 16.5. The first-order chi connectivity index (χ1) is 13.3. The molecule has 0 radical (unpaired) electrons. The second-order valence-corrected chi connectivity index (χ2v) is 7.46. The van der Waals surface area contributed by atoms with E-state index in [-0.39, 0.29) is 17.4 Å². The van der Waals surface area contributed by atoms with E-state index in [1.165, 1.54) is 0 Å². The highest BCUT2D eigenvalue weighted by molar-refractivity contribution is 6.06. The van der Waals surface area contributed by atoms with E-state index in [2.05, 4.69) is 10.1 Å². The van der Waals surface area contributed by atoms with Crippen LogP contribution in [0, 0.1) is 6.92 Å². The lowest BCUT2D eigenvalue weighted by molar-refractivity contribution is 0.0696. The van der Waals surface area contributed by atoms with Gasteiger partial charge in [-0.05, 0) is 48.6 Å². The average molecular weight is 379 g/mol. The number of carboxylic acids is 1. The van der Waals surface area contributed by atoms with Crippen molar-refractivity contribution in [2.75, 3.05) is 6.54 Å². The number of nitrogens with zero attached hydrogens (tertiary/aromatic N) is 3. The van der Waals surface area contributed by atoms with Gasteiger partial charge >= 0.3 is 5.97 Å². The summed E-state index contributed by atoms with van der Waals surface area (Å²) in [6.07, 6.45) is 0.689. The minimum Gasteiger partial charge on any atom is -0.478 e. The largest absolute Gasteiger partial charge is 0.478 e. The molecule has 0 atom stereocenters. The van der Waals surface area contributed by atoms with Crippen LogP contribution in [0.2, 0.25) is 0 Å². The Hall–Kier alpha value is -3.22. The second-order valence-electron chi connectivity index (χ2n) is 7.46. The lowest BCUT2D eigenvalue weighted by Crippen LogP contribution is -2.36. The first-order valence-electron chi connectivity index (χ1n) is 9.26. The molecule has 0 saturated heterocycles. The molecule has 0 saturated carbocycles. The van der Waals surface area contributed by atoms with Crippen LogP contribution < -0.4 is 0 Å². The number of hydrogen-bond donors (Lipinski definition) is 1. The van der Waals surface area contributed by atoms with Crippen molar-refractivity contribution in [2.24, 2.45) is 0 Å². The number of carbonyl (C=O) groups is 2. The summed E-state index contributed by atoms with van der Waals surface area (Å²) >= 11 is 0. The van der Waals surface area contributed by atoms with Gasteiger partial charge in [-0.1, -0.05) is 25.1 Å². The lowest BCUT2D eigenvalue weighted by Gasteiger charge is -2.29. The number of aryl methyl sites for hydroxylation is 1. The summed E-state index contributed by atoms with van der Waals surface area (Å²) in [5.74, 6) is -0.947. The number of aromatic carboxylic acids is 1. The second kappa shape index (κ2) is 6.74. The van der Waals surface area contributed by atoms with Crippen molar-refractivity contribution < 1.29 is 19.2 Å². The highest BCUT2D eigenvalue weighted by Crippen LogP contribution is 2.28. The summed E-state index contributed by atoms with van der Waals surface area (Å²) in [7, 11) is 0. The SMILES string of the molecule is Cc1noc2nc(C(C)C)cc(C(=O)N3CCc4ccc(C(=O)O)cc4C3)c12. The van der Waals surface area contributed by atoms with E-state index in [9.17, 15) is 14.7 Å². The first-order valence-corrected chi connectivity index (χ1v) is 9.26. The highest BCUT2D eigenvalue weighted by Gasteiger charge is 2.27. The first kappa shape index (κ1) is 18.2. The van der Waals surface area contributed by atoms with Gasteiger partial charge in [0.1, 0.15) is 0 Å². The number of aromatic nitrogens is 2. The van der Waals surface area contributed by atoms with Crippen LogP contribution >= 0.6 is 0 Å². The normalized spacial score (nSPS) is 13.8. The summed E-state index contributed by atoms with van der Waals surface area (Å²) in [5, 5.41) is 13.9. The van der Waals surface area contributed by atoms with Crippen LogP contribution in [0.1, 0.15) is 63.0 Å². The number of fused-ring (bicyclic) bond motifs is 2. The van der Waals surface area contributed by atoms with Crippen LogP contribution in [0.3, 0.4) is 0 Å². The molecule has 0 fully saturated rings. The van der Waals surface area contributed by atoms with E-state index >= 15 is 0 Å². The molecule has 1 N–H and O–H groups in total. The van der Waals surface area contributed by atoms with Crippen molar-refractivity contribution in [1.29, 1.82) is 0 Å². The standard InChI is InChI=1S/C21H21N3O4/c1-11(2)17-9-16(18-12(3)23-28-19(18)22-17)20(25)24-7-6-13-4-5-14(21(26)27)8-15(13)10-24/h4-5,8-9,11H,6-7,10H2,1-3H3,(H,26,27). The molecule has 1 aliphatic heterocycles. The average Bonchev–Trinajstić information content (AvgIpc) is 3.06. The topological polar surface area (TPSA) is 96.5 Å². The van der Waals surface area contributed by atoms with Crippen molar-refractivity contribution in [2.45, 2.75) is 39.7 Å². The molecule has 0 aliphatic carbocycles. The lowest BCUT2D eigenvalue weighted by atomic mass is 9.96. The Labute approximate surface area is 162 Å². The Morgan fingerprint density at radius 1 is 1.21 bits per heavy atom. The van der Waals surface area contributed by atoms with Gasteiger partial charge in [0.2, 0.25) is 0 Å². The number of amides is 1. The maximum atomic E-state index is 13.4. The van der Waals surface area contributed by atoms with Crippen LogP contribution in [0.5, 0.6) is 0 Å². The number of benzene rings is 1. The van der Waals surface area contributed by atoms with Gasteiger partial charge < -0.3 is 14.5 Å². The molecule has 0 bridgehead atoms. The number of rotatable bonds is 3. The Morgan fingerprint density at radius 2 is 2.00 bits per heavy atom. The van der Waals surface area contributed by atoms with Gasteiger partial charge in [0.25, 0.3) is 11.6 Å². The number of carboxylic acid groups (broad SMARTS) is 1. The van der Waals surface area contributed by atoms with Gasteiger partial charge in [0.15, 0.2) is 0 Å². The summed E-state index contributed by atoms with van der Waals surface area (Å²) in [4.78, 5) is 30.9. The molecule has 28 heavy (non-hydrogen) atoms. The fraction of sp³-hybridized carbons (Fsp3) is 0.333. The van der Waals surface area contributed by atoms with E-state index in [1.807, 2.05) is 26.0 Å². The molecule has 7 nitrogen and oxygen atoms in total. The zero-order chi connectivity index (χ0) is 20.0. The summed E-state index contributed by atoms with van der Waals surface area (Å²) in [6, 6.07) is 6.93. The van der Waals surface area contributed by atoms with E-state index in [0.29, 0.717) is 41.9 Å². The van der Waals surface area contributed by atoms with E-state index in [1.54, 1.807) is 24.0 Å². The Morgan fingerprint density at radius 3 is 2.71 bits per heavy atom. The number of pyridine rings is 1. The predicted molar refractivity (Wildman–Crippen MR) is 102 cm³/mol. The molecule has 4 rings (SSSR count). The fourth-order valence-corrected chi connectivity index (χ4v) is 3.61. The Bertz CT molecular complexity index is 1100. The van der Waals surface area contributed by atoms with Crippen LogP contribution in [0.4, 0.5) is 0 Å². The van der Waals surface area contributed by atoms with E-state index in [4.69, 9.17) is 4.52 Å². The molecule has 2 aromatic heterocycles. The maximum Gasteiger partial charge on any atom is 0.335 e. The third kappa shape index (κ3) is 3.02. The van der Waals surface area contributed by atoms with Gasteiger partial charge in [-0.2, -0.15) is 0 Å². The van der Waals surface area contributed by atoms with Gasteiger partial charge in [-0.15, -0.1) is 0 Å². The number of hydrogen-bond acceptors (Lipinski definition) is 5. The zero-order valence-corrected chi connectivity index (χ0v) is 16.0. The summed E-state index contributed by atoms with van der Waals surface area (Å²) < 4.78 is 5.32. The van der Waals surface area contributed by atoms with E-state index < -0.39 is 5.97 Å². The zero-order valence-electron chi connectivity index (χ0n) is 16.0. The molecule has 3 heterocycles. The molecule has 144 valence electrons. The Balaban J connectivity index is 1.73. The third-order valence-corrected chi connectivity index (χ3v) is 5.21. The van der Waals surface area contributed by atoms with Crippen LogP contribution in [0.25, 0.3) is 11.1 Å². The van der Waals surface area contributed by atoms with Crippen molar-refractivity contribution in [1.82, 2.24) is 15.0 Å². The molecular weight excluding hydrogens is 358 g/mol. The van der Waals surface area contributed by atoms with Crippen molar-refractivity contribution in [3.63, 3.8) is 0 Å². The van der Waals surface area contributed by atoms with Crippen LogP contribution in [-0.4, -0.2) is 38.6 Å². The van der Waals surface area contributed by atoms with Crippen molar-refractivity contribution in [3.8, 4) is 0 Å². The monoisotopic (exact) mass is 379 g/mol. The minimum absolute atomic E-state index is 0.119.